The van der Waals surface area contributed by atoms with Crippen LogP contribution in [0.5, 0.6) is 5.75 Å². The Labute approximate surface area is 174 Å². The van der Waals surface area contributed by atoms with Gasteiger partial charge in [0.2, 0.25) is 0 Å². The van der Waals surface area contributed by atoms with Crippen LogP contribution in [0.4, 0.5) is 0 Å². The van der Waals surface area contributed by atoms with Gasteiger partial charge < -0.3 is 15.0 Å². The first-order chi connectivity index (χ1) is 13.1. The fraction of sp³-hybridized carbons (Fsp3) is 0.227. The van der Waals surface area contributed by atoms with E-state index >= 15 is 0 Å². The van der Waals surface area contributed by atoms with Crippen molar-refractivity contribution >= 4 is 44.7 Å². The Morgan fingerprint density at radius 2 is 1.89 bits per heavy atom. The number of rotatable bonds is 5. The first-order valence-corrected chi connectivity index (χ1v) is 9.87. The van der Waals surface area contributed by atoms with E-state index in [-0.39, 0.29) is 18.0 Å². The molecule has 4 nitrogen and oxygen atoms in total. The van der Waals surface area contributed by atoms with Gasteiger partial charge >= 0.3 is 0 Å². The number of halogens is 1. The maximum Gasteiger partial charge on any atom is 0.266 e. The Hall–Kier alpha value is -2.34. The van der Waals surface area contributed by atoms with Crippen molar-refractivity contribution in [3.05, 3.63) is 63.8 Å². The summed E-state index contributed by atoms with van der Waals surface area (Å²) in [6.45, 7) is 3.15. The number of H-pyrrole nitrogens is 1. The van der Waals surface area contributed by atoms with E-state index < -0.39 is 0 Å². The van der Waals surface area contributed by atoms with Crippen LogP contribution >= 0.6 is 23.7 Å². The molecule has 6 heteroatoms. The number of fused-ring (bicyclic) bond motifs is 3. The van der Waals surface area contributed by atoms with Crippen molar-refractivity contribution in [3.63, 3.8) is 0 Å². The van der Waals surface area contributed by atoms with Gasteiger partial charge in [0.05, 0.1) is 7.11 Å². The molecule has 0 saturated heterocycles. The van der Waals surface area contributed by atoms with E-state index in [2.05, 4.69) is 41.5 Å². The number of nitrogens with one attached hydrogen (secondary N) is 2. The highest BCUT2D eigenvalue weighted by atomic mass is 35.5. The van der Waals surface area contributed by atoms with Crippen molar-refractivity contribution in [2.24, 2.45) is 0 Å². The van der Waals surface area contributed by atoms with Gasteiger partial charge in [-0.05, 0) is 47.7 Å². The molecule has 4 rings (SSSR count). The van der Waals surface area contributed by atoms with E-state index in [1.54, 1.807) is 7.11 Å². The van der Waals surface area contributed by atoms with Crippen molar-refractivity contribution in [2.45, 2.75) is 12.8 Å². The summed E-state index contributed by atoms with van der Waals surface area (Å²) >= 11 is 1.47. The Morgan fingerprint density at radius 3 is 2.57 bits per heavy atom. The van der Waals surface area contributed by atoms with Crippen LogP contribution in [0, 0.1) is 0 Å². The zero-order chi connectivity index (χ0) is 19.0. The Bertz CT molecular complexity index is 1170. The first kappa shape index (κ1) is 20.4. The normalized spacial score (nSPS) is 12.1. The number of hydrogen-bond acceptors (Lipinski definition) is 4. The van der Waals surface area contributed by atoms with Crippen LogP contribution in [0.2, 0.25) is 0 Å². The van der Waals surface area contributed by atoms with E-state index in [1.165, 1.54) is 16.9 Å². The van der Waals surface area contributed by atoms with Gasteiger partial charge in [-0.15, -0.1) is 23.7 Å². The van der Waals surface area contributed by atoms with E-state index in [9.17, 15) is 4.79 Å². The third-order valence-corrected chi connectivity index (χ3v) is 5.97. The summed E-state index contributed by atoms with van der Waals surface area (Å²) in [5.41, 5.74) is 4.18. The summed E-state index contributed by atoms with van der Waals surface area (Å²) in [4.78, 5) is 15.4. The zero-order valence-electron chi connectivity index (χ0n) is 16.0. The van der Waals surface area contributed by atoms with E-state index in [4.69, 9.17) is 4.74 Å². The van der Waals surface area contributed by atoms with Gasteiger partial charge in [0, 0.05) is 28.4 Å². The maximum absolute atomic E-state index is 12.4. The van der Waals surface area contributed by atoms with Crippen molar-refractivity contribution < 1.29 is 4.74 Å². The predicted molar refractivity (Wildman–Crippen MR) is 122 cm³/mol. The number of likely N-dealkylation sites (N-methyl/N-ethyl adjacent to an activating group) is 1. The van der Waals surface area contributed by atoms with Crippen molar-refractivity contribution in [1.29, 1.82) is 0 Å². The van der Waals surface area contributed by atoms with Crippen LogP contribution in [0.1, 0.15) is 18.4 Å². The molecule has 28 heavy (non-hydrogen) atoms. The molecular weight excluding hydrogens is 392 g/mol. The Morgan fingerprint density at radius 1 is 1.14 bits per heavy atom. The molecule has 2 N–H and O–H groups in total. The van der Waals surface area contributed by atoms with E-state index in [1.807, 2.05) is 30.6 Å². The number of methoxy groups -OCH3 is 1. The molecule has 0 amide bonds. The number of thiophene rings is 1. The van der Waals surface area contributed by atoms with E-state index in [0.29, 0.717) is 5.92 Å². The van der Waals surface area contributed by atoms with Gasteiger partial charge in [-0.2, -0.15) is 0 Å². The molecule has 0 saturated carbocycles. The van der Waals surface area contributed by atoms with Gasteiger partial charge in [0.25, 0.3) is 5.56 Å². The molecule has 2 aromatic carbocycles. The molecular formula is C22H23ClN2O2S. The average molecular weight is 415 g/mol. The van der Waals surface area contributed by atoms with Crippen LogP contribution in [0.15, 0.2) is 52.6 Å². The van der Waals surface area contributed by atoms with Gasteiger partial charge in [-0.1, -0.05) is 31.2 Å². The standard InChI is InChI=1S/C22H22N2O2S.ClH/c1-13(12-23-2)14-4-6-15(7-5-14)19-18(26-3)9-8-17-20(19)16-10-11-27-21(16)22(25)24-17;/h4-11,13,23H,12H2,1-3H3,(H,24,25);1H. The topological polar surface area (TPSA) is 54.1 Å². The number of pyridine rings is 1. The van der Waals surface area contributed by atoms with Gasteiger partial charge in [0.15, 0.2) is 0 Å². The quantitative estimate of drug-likeness (QED) is 0.474. The minimum absolute atomic E-state index is 0. The second-order valence-electron chi connectivity index (χ2n) is 6.76. The molecule has 0 aliphatic heterocycles. The highest BCUT2D eigenvalue weighted by Crippen LogP contribution is 2.40. The second kappa shape index (κ2) is 8.35. The Kier molecular flexibility index (Phi) is 6.08. The lowest BCUT2D eigenvalue weighted by atomic mass is 9.94. The highest BCUT2D eigenvalue weighted by Gasteiger charge is 2.16. The number of aromatic nitrogens is 1. The molecule has 0 aliphatic carbocycles. The summed E-state index contributed by atoms with van der Waals surface area (Å²) in [7, 11) is 3.66. The smallest absolute Gasteiger partial charge is 0.266 e. The average Bonchev–Trinajstić information content (AvgIpc) is 3.18. The van der Waals surface area contributed by atoms with Crippen LogP contribution in [0.3, 0.4) is 0 Å². The fourth-order valence-electron chi connectivity index (χ4n) is 3.69. The largest absolute Gasteiger partial charge is 0.496 e. The summed E-state index contributed by atoms with van der Waals surface area (Å²) in [6.07, 6.45) is 0. The molecule has 1 unspecified atom stereocenters. The number of hydrogen-bond donors (Lipinski definition) is 2. The van der Waals surface area contributed by atoms with Crippen LogP contribution < -0.4 is 15.6 Å². The third kappa shape index (κ3) is 3.41. The molecule has 0 fully saturated rings. The van der Waals surface area contributed by atoms with Crippen molar-refractivity contribution in [1.82, 2.24) is 10.3 Å². The monoisotopic (exact) mass is 414 g/mol. The minimum atomic E-state index is -0.0418. The molecule has 4 aromatic rings. The lowest BCUT2D eigenvalue weighted by Gasteiger charge is -2.15. The molecule has 2 heterocycles. The summed E-state index contributed by atoms with van der Waals surface area (Å²) in [5, 5.41) is 7.19. The third-order valence-electron chi connectivity index (χ3n) is 5.05. The molecule has 0 spiro atoms. The minimum Gasteiger partial charge on any atom is -0.496 e. The van der Waals surface area contributed by atoms with Gasteiger partial charge in [-0.25, -0.2) is 0 Å². The SMILES string of the molecule is CNCC(C)c1ccc(-c2c(OC)ccc3[nH]c(=O)c4sccc4c23)cc1.Cl. The first-order valence-electron chi connectivity index (χ1n) is 8.99. The Balaban J connectivity index is 0.00000225. The lowest BCUT2D eigenvalue weighted by Crippen LogP contribution is -2.14. The summed E-state index contributed by atoms with van der Waals surface area (Å²) in [5.74, 6) is 1.25. The predicted octanol–water partition coefficient (Wildman–Crippen LogP) is 5.16. The number of aromatic amines is 1. The zero-order valence-corrected chi connectivity index (χ0v) is 17.7. The number of benzene rings is 2. The summed E-state index contributed by atoms with van der Waals surface area (Å²) in [6, 6.07) is 14.5. The van der Waals surface area contributed by atoms with Crippen molar-refractivity contribution in [3.8, 4) is 16.9 Å². The molecule has 0 aliphatic rings. The second-order valence-corrected chi connectivity index (χ2v) is 7.68. The summed E-state index contributed by atoms with van der Waals surface area (Å²) < 4.78 is 6.43. The van der Waals surface area contributed by atoms with Crippen LogP contribution in [0.25, 0.3) is 32.1 Å². The molecule has 2 aromatic heterocycles. The van der Waals surface area contributed by atoms with Crippen molar-refractivity contribution in [2.75, 3.05) is 20.7 Å². The lowest BCUT2D eigenvalue weighted by molar-refractivity contribution is 0.417. The van der Waals surface area contributed by atoms with Crippen LogP contribution in [-0.2, 0) is 0 Å². The molecule has 0 radical (unpaired) electrons. The molecule has 0 bridgehead atoms. The molecule has 1 atom stereocenters. The van der Waals surface area contributed by atoms with Crippen LogP contribution in [-0.4, -0.2) is 25.7 Å². The molecule has 146 valence electrons. The maximum atomic E-state index is 12.4. The van der Waals surface area contributed by atoms with Gasteiger partial charge in [0.1, 0.15) is 10.4 Å². The van der Waals surface area contributed by atoms with E-state index in [0.717, 1.165) is 44.4 Å². The number of ether oxygens (including phenoxy) is 1. The van der Waals surface area contributed by atoms with Gasteiger partial charge in [-0.3, -0.25) is 4.79 Å². The highest BCUT2D eigenvalue weighted by molar-refractivity contribution is 7.17. The fourth-order valence-corrected chi connectivity index (χ4v) is 4.48.